The van der Waals surface area contributed by atoms with E-state index in [1.54, 1.807) is 6.92 Å². The summed E-state index contributed by atoms with van der Waals surface area (Å²) < 4.78 is 10.2. The zero-order valence-corrected chi connectivity index (χ0v) is 9.89. The Kier molecular flexibility index (Phi) is 5.82. The van der Waals surface area contributed by atoms with Gasteiger partial charge in [-0.05, 0) is 12.5 Å². The number of hydrogen-bond donors (Lipinski definition) is 1. The van der Waals surface area contributed by atoms with Gasteiger partial charge < -0.3 is 15.2 Å². The van der Waals surface area contributed by atoms with Crippen LogP contribution in [0.25, 0.3) is 0 Å². The van der Waals surface area contributed by atoms with Gasteiger partial charge in [0.25, 0.3) is 0 Å². The molecule has 0 saturated carbocycles. The molecule has 0 bridgehead atoms. The van der Waals surface area contributed by atoms with Crippen LogP contribution in [-0.4, -0.2) is 19.2 Å². The zero-order chi connectivity index (χ0) is 12.5. The number of allylic oxidation sites excluding steroid dienone is 1. The Morgan fingerprint density at radius 1 is 1.29 bits per heavy atom. The summed E-state index contributed by atoms with van der Waals surface area (Å²) in [6.45, 7) is 2.75. The lowest BCUT2D eigenvalue weighted by atomic mass is 10.2. The molecule has 4 heteroatoms. The zero-order valence-electron chi connectivity index (χ0n) is 9.89. The summed E-state index contributed by atoms with van der Waals surface area (Å²) in [6, 6.07) is 9.81. The van der Waals surface area contributed by atoms with Crippen molar-refractivity contribution in [3.8, 4) is 0 Å². The first-order chi connectivity index (χ1) is 8.18. The van der Waals surface area contributed by atoms with Crippen molar-refractivity contribution in [3.05, 3.63) is 47.7 Å². The van der Waals surface area contributed by atoms with E-state index in [1.807, 2.05) is 30.3 Å². The van der Waals surface area contributed by atoms with E-state index in [4.69, 9.17) is 15.2 Å². The highest BCUT2D eigenvalue weighted by Gasteiger charge is 1.98. The summed E-state index contributed by atoms with van der Waals surface area (Å²) in [6.07, 6.45) is 1.25. The largest absolute Gasteiger partial charge is 0.460 e. The number of carbonyl (C=O) groups excluding carboxylic acids is 1. The summed E-state index contributed by atoms with van der Waals surface area (Å²) >= 11 is 0. The summed E-state index contributed by atoms with van der Waals surface area (Å²) in [5.41, 5.74) is 6.85. The molecule has 1 aromatic rings. The molecule has 0 fully saturated rings. The van der Waals surface area contributed by atoms with Crippen LogP contribution in [-0.2, 0) is 20.9 Å². The molecule has 0 saturated heterocycles. The summed E-state index contributed by atoms with van der Waals surface area (Å²) in [5.74, 6) is -0.437. The average Bonchev–Trinajstić information content (AvgIpc) is 2.29. The maximum atomic E-state index is 11.1. The topological polar surface area (TPSA) is 61.6 Å². The van der Waals surface area contributed by atoms with Crippen LogP contribution in [0.5, 0.6) is 0 Å². The lowest BCUT2D eigenvalue weighted by Crippen LogP contribution is -2.10. The predicted molar refractivity (Wildman–Crippen MR) is 65.0 cm³/mol. The van der Waals surface area contributed by atoms with Crippen molar-refractivity contribution in [1.29, 1.82) is 0 Å². The van der Waals surface area contributed by atoms with E-state index in [2.05, 4.69) is 0 Å². The molecule has 92 valence electrons. The number of carbonyl (C=O) groups is 1. The fourth-order valence-electron chi connectivity index (χ4n) is 1.19. The van der Waals surface area contributed by atoms with Crippen LogP contribution in [0.15, 0.2) is 42.1 Å². The van der Waals surface area contributed by atoms with Crippen LogP contribution in [0.3, 0.4) is 0 Å². The highest BCUT2D eigenvalue weighted by Crippen LogP contribution is 2.00. The van der Waals surface area contributed by atoms with Gasteiger partial charge in [-0.3, -0.25) is 0 Å². The van der Waals surface area contributed by atoms with Gasteiger partial charge in [-0.2, -0.15) is 0 Å². The molecule has 0 unspecified atom stereocenters. The van der Waals surface area contributed by atoms with Crippen LogP contribution >= 0.6 is 0 Å². The van der Waals surface area contributed by atoms with Crippen molar-refractivity contribution in [2.75, 3.05) is 13.2 Å². The predicted octanol–water partition coefficient (Wildman–Crippen LogP) is 1.61. The van der Waals surface area contributed by atoms with E-state index >= 15 is 0 Å². The van der Waals surface area contributed by atoms with Crippen LogP contribution in [0, 0.1) is 0 Å². The molecule has 0 aliphatic carbocycles. The van der Waals surface area contributed by atoms with Crippen molar-refractivity contribution in [1.82, 2.24) is 0 Å². The Hall–Kier alpha value is -1.81. The standard InChI is InChI=1S/C13H17NO3/c1-11(14)9-13(15)17-8-7-16-10-12-5-3-2-4-6-12/h2-6,9H,7-8,10,14H2,1H3. The van der Waals surface area contributed by atoms with Gasteiger partial charge in [-0.1, -0.05) is 30.3 Å². The molecular weight excluding hydrogens is 218 g/mol. The second-order valence-corrected chi connectivity index (χ2v) is 3.59. The Labute approximate surface area is 101 Å². The Balaban J connectivity index is 2.09. The van der Waals surface area contributed by atoms with Gasteiger partial charge in [-0.15, -0.1) is 0 Å². The lowest BCUT2D eigenvalue weighted by Gasteiger charge is -2.04. The third kappa shape index (κ3) is 6.37. The van der Waals surface area contributed by atoms with E-state index in [1.165, 1.54) is 6.08 Å². The van der Waals surface area contributed by atoms with Gasteiger partial charge in [-0.25, -0.2) is 4.79 Å². The first-order valence-electron chi connectivity index (χ1n) is 5.40. The van der Waals surface area contributed by atoms with Crippen molar-refractivity contribution in [3.63, 3.8) is 0 Å². The molecule has 17 heavy (non-hydrogen) atoms. The lowest BCUT2D eigenvalue weighted by molar-refractivity contribution is -0.139. The van der Waals surface area contributed by atoms with E-state index in [0.29, 0.717) is 18.9 Å². The molecule has 0 aliphatic heterocycles. The number of nitrogens with two attached hydrogens (primary N) is 1. The van der Waals surface area contributed by atoms with Crippen LogP contribution < -0.4 is 5.73 Å². The maximum Gasteiger partial charge on any atom is 0.332 e. The second-order valence-electron chi connectivity index (χ2n) is 3.59. The summed E-state index contributed by atoms with van der Waals surface area (Å²) in [5, 5.41) is 0. The smallest absolute Gasteiger partial charge is 0.332 e. The van der Waals surface area contributed by atoms with Gasteiger partial charge in [0.2, 0.25) is 0 Å². The third-order valence-electron chi connectivity index (χ3n) is 1.93. The normalized spacial score (nSPS) is 11.2. The Morgan fingerprint density at radius 3 is 2.65 bits per heavy atom. The molecule has 0 atom stereocenters. The summed E-state index contributed by atoms with van der Waals surface area (Å²) in [4.78, 5) is 11.1. The second kappa shape index (κ2) is 7.46. The fourth-order valence-corrected chi connectivity index (χ4v) is 1.19. The molecule has 0 radical (unpaired) electrons. The quantitative estimate of drug-likeness (QED) is 0.462. The Morgan fingerprint density at radius 2 is 2.00 bits per heavy atom. The minimum Gasteiger partial charge on any atom is -0.460 e. The number of hydrogen-bond acceptors (Lipinski definition) is 4. The van der Waals surface area contributed by atoms with Gasteiger partial charge in [0.15, 0.2) is 0 Å². The number of esters is 1. The molecule has 0 spiro atoms. The Bertz CT molecular complexity index is 370. The summed E-state index contributed by atoms with van der Waals surface area (Å²) in [7, 11) is 0. The molecule has 0 amide bonds. The number of rotatable bonds is 6. The van der Waals surface area contributed by atoms with Gasteiger partial charge >= 0.3 is 5.97 Å². The number of benzene rings is 1. The minimum atomic E-state index is -0.437. The average molecular weight is 235 g/mol. The van der Waals surface area contributed by atoms with E-state index in [-0.39, 0.29) is 6.61 Å². The first kappa shape index (κ1) is 13.3. The molecule has 0 aliphatic rings. The molecule has 4 nitrogen and oxygen atoms in total. The molecule has 2 N–H and O–H groups in total. The van der Waals surface area contributed by atoms with Crippen LogP contribution in [0.4, 0.5) is 0 Å². The maximum absolute atomic E-state index is 11.1. The van der Waals surface area contributed by atoms with Crippen molar-refractivity contribution < 1.29 is 14.3 Å². The van der Waals surface area contributed by atoms with Crippen LogP contribution in [0.2, 0.25) is 0 Å². The van der Waals surface area contributed by atoms with E-state index in [9.17, 15) is 4.79 Å². The van der Waals surface area contributed by atoms with Crippen molar-refractivity contribution in [2.24, 2.45) is 5.73 Å². The molecule has 0 aromatic heterocycles. The fraction of sp³-hybridized carbons (Fsp3) is 0.308. The van der Waals surface area contributed by atoms with Crippen LogP contribution in [0.1, 0.15) is 12.5 Å². The number of ether oxygens (including phenoxy) is 2. The highest BCUT2D eigenvalue weighted by molar-refractivity contribution is 5.82. The molecule has 1 aromatic carbocycles. The minimum absolute atomic E-state index is 0.232. The molecule has 0 heterocycles. The van der Waals surface area contributed by atoms with E-state index < -0.39 is 5.97 Å². The van der Waals surface area contributed by atoms with E-state index in [0.717, 1.165) is 5.56 Å². The van der Waals surface area contributed by atoms with Gasteiger partial charge in [0, 0.05) is 11.8 Å². The highest BCUT2D eigenvalue weighted by atomic mass is 16.6. The molecular formula is C13H17NO3. The first-order valence-corrected chi connectivity index (χ1v) is 5.40. The SMILES string of the molecule is CC(N)=CC(=O)OCCOCc1ccccc1. The monoisotopic (exact) mass is 235 g/mol. The van der Waals surface area contributed by atoms with Gasteiger partial charge in [0.05, 0.1) is 13.2 Å². The van der Waals surface area contributed by atoms with Gasteiger partial charge in [0.1, 0.15) is 6.61 Å². The third-order valence-corrected chi connectivity index (χ3v) is 1.93. The van der Waals surface area contributed by atoms with Crippen molar-refractivity contribution >= 4 is 5.97 Å². The molecule has 1 rings (SSSR count). The van der Waals surface area contributed by atoms with Crippen molar-refractivity contribution in [2.45, 2.75) is 13.5 Å².